The van der Waals surface area contributed by atoms with E-state index in [-0.39, 0.29) is 11.8 Å². The summed E-state index contributed by atoms with van der Waals surface area (Å²) < 4.78 is 0. The van der Waals surface area contributed by atoms with Gasteiger partial charge in [0.15, 0.2) is 0 Å². The number of nitrogens with one attached hydrogen (secondary N) is 2. The molecule has 6 heteroatoms. The molecule has 0 aliphatic heterocycles. The lowest BCUT2D eigenvalue weighted by atomic mass is 10.1. The van der Waals surface area contributed by atoms with Crippen LogP contribution in [0.5, 0.6) is 0 Å². The Hall–Kier alpha value is -2.66. The smallest absolute Gasteiger partial charge is 0.256 e. The van der Waals surface area contributed by atoms with Gasteiger partial charge in [-0.1, -0.05) is 30.3 Å². The Labute approximate surface area is 133 Å². The first-order chi connectivity index (χ1) is 10.6. The molecule has 0 fully saturated rings. The SMILES string of the molecule is C=CC(=O)NCc1ccc(C(=O)Nc2ccc(Cl)cn2)cc1. The summed E-state index contributed by atoms with van der Waals surface area (Å²) >= 11 is 5.73. The van der Waals surface area contributed by atoms with Crippen LogP contribution in [0.25, 0.3) is 0 Å². The van der Waals surface area contributed by atoms with Crippen molar-refractivity contribution < 1.29 is 9.59 Å². The third-order valence-electron chi connectivity index (χ3n) is 2.84. The minimum atomic E-state index is -0.267. The number of hydrogen-bond acceptors (Lipinski definition) is 3. The lowest BCUT2D eigenvalue weighted by molar-refractivity contribution is -0.116. The van der Waals surface area contributed by atoms with E-state index in [2.05, 4.69) is 22.2 Å². The summed E-state index contributed by atoms with van der Waals surface area (Å²) in [5.41, 5.74) is 1.38. The summed E-state index contributed by atoms with van der Waals surface area (Å²) in [6, 6.07) is 10.2. The number of anilines is 1. The van der Waals surface area contributed by atoms with Crippen LogP contribution < -0.4 is 10.6 Å². The van der Waals surface area contributed by atoms with E-state index < -0.39 is 0 Å². The second-order valence-corrected chi connectivity index (χ2v) is 4.87. The maximum atomic E-state index is 12.1. The van der Waals surface area contributed by atoms with Crippen molar-refractivity contribution in [2.24, 2.45) is 0 Å². The van der Waals surface area contributed by atoms with Crippen LogP contribution in [0, 0.1) is 0 Å². The highest BCUT2D eigenvalue weighted by Gasteiger charge is 2.07. The van der Waals surface area contributed by atoms with Gasteiger partial charge >= 0.3 is 0 Å². The third-order valence-corrected chi connectivity index (χ3v) is 3.06. The van der Waals surface area contributed by atoms with Gasteiger partial charge in [0, 0.05) is 18.3 Å². The van der Waals surface area contributed by atoms with Gasteiger partial charge in [-0.25, -0.2) is 4.98 Å². The predicted octanol–water partition coefficient (Wildman–Crippen LogP) is 2.79. The summed E-state index contributed by atoms with van der Waals surface area (Å²) in [5, 5.41) is 5.84. The molecule has 2 aromatic rings. The first kappa shape index (κ1) is 15.7. The molecule has 1 heterocycles. The molecule has 5 nitrogen and oxygen atoms in total. The molecule has 0 unspecified atom stereocenters. The van der Waals surface area contributed by atoms with Crippen LogP contribution >= 0.6 is 11.6 Å². The Bertz CT molecular complexity index is 682. The molecular weight excluding hydrogens is 302 g/mol. The zero-order valence-electron chi connectivity index (χ0n) is 11.7. The number of nitrogens with zero attached hydrogens (tertiary/aromatic N) is 1. The Morgan fingerprint density at radius 2 is 1.91 bits per heavy atom. The zero-order chi connectivity index (χ0) is 15.9. The Morgan fingerprint density at radius 1 is 1.18 bits per heavy atom. The molecule has 1 aromatic heterocycles. The average molecular weight is 316 g/mol. The minimum Gasteiger partial charge on any atom is -0.348 e. The van der Waals surface area contributed by atoms with E-state index in [0.717, 1.165) is 5.56 Å². The number of halogens is 1. The molecule has 0 saturated carbocycles. The minimum absolute atomic E-state index is 0.240. The quantitative estimate of drug-likeness (QED) is 0.833. The molecule has 0 spiro atoms. The molecule has 0 radical (unpaired) electrons. The monoisotopic (exact) mass is 315 g/mol. The van der Waals surface area contributed by atoms with Crippen molar-refractivity contribution in [3.63, 3.8) is 0 Å². The summed E-state index contributed by atoms with van der Waals surface area (Å²) in [4.78, 5) is 27.1. The summed E-state index contributed by atoms with van der Waals surface area (Å²) in [7, 11) is 0. The van der Waals surface area contributed by atoms with Gasteiger partial charge in [0.25, 0.3) is 5.91 Å². The standard InChI is InChI=1S/C16H14ClN3O2/c1-2-15(21)19-9-11-3-5-12(6-4-11)16(22)20-14-8-7-13(17)10-18-14/h2-8,10H,1,9H2,(H,19,21)(H,18,20,22). The van der Waals surface area contributed by atoms with Gasteiger partial charge in [-0.05, 0) is 35.9 Å². The van der Waals surface area contributed by atoms with Crippen molar-refractivity contribution in [3.8, 4) is 0 Å². The van der Waals surface area contributed by atoms with E-state index in [4.69, 9.17) is 11.6 Å². The van der Waals surface area contributed by atoms with Crippen molar-refractivity contribution in [2.75, 3.05) is 5.32 Å². The summed E-state index contributed by atoms with van der Waals surface area (Å²) in [6.07, 6.45) is 2.67. The lowest BCUT2D eigenvalue weighted by Crippen LogP contribution is -2.20. The molecule has 2 amide bonds. The fourth-order valence-electron chi connectivity index (χ4n) is 1.67. The maximum absolute atomic E-state index is 12.1. The number of benzene rings is 1. The van der Waals surface area contributed by atoms with Crippen LogP contribution in [0.1, 0.15) is 15.9 Å². The first-order valence-electron chi connectivity index (χ1n) is 6.50. The number of rotatable bonds is 5. The van der Waals surface area contributed by atoms with Crippen LogP contribution in [-0.2, 0) is 11.3 Å². The second kappa shape index (κ2) is 7.38. The number of carbonyl (C=O) groups excluding carboxylic acids is 2. The fourth-order valence-corrected chi connectivity index (χ4v) is 1.79. The van der Waals surface area contributed by atoms with Crippen LogP contribution in [0.15, 0.2) is 55.3 Å². The Kier molecular flexibility index (Phi) is 5.27. The van der Waals surface area contributed by atoms with Gasteiger partial charge in [0.2, 0.25) is 5.91 Å². The van der Waals surface area contributed by atoms with Gasteiger partial charge < -0.3 is 10.6 Å². The van der Waals surface area contributed by atoms with Crippen molar-refractivity contribution in [1.29, 1.82) is 0 Å². The van der Waals surface area contributed by atoms with Crippen molar-refractivity contribution in [2.45, 2.75) is 6.54 Å². The van der Waals surface area contributed by atoms with E-state index in [1.807, 2.05) is 0 Å². The highest BCUT2D eigenvalue weighted by Crippen LogP contribution is 2.11. The molecule has 0 aliphatic rings. The predicted molar refractivity (Wildman–Crippen MR) is 85.7 cm³/mol. The zero-order valence-corrected chi connectivity index (χ0v) is 12.4. The molecule has 2 N–H and O–H groups in total. The Balaban J connectivity index is 1.97. The van der Waals surface area contributed by atoms with E-state index in [0.29, 0.717) is 22.9 Å². The highest BCUT2D eigenvalue weighted by molar-refractivity contribution is 6.30. The molecule has 2 rings (SSSR count). The topological polar surface area (TPSA) is 71.1 Å². The molecule has 0 bridgehead atoms. The van der Waals surface area contributed by atoms with E-state index in [1.54, 1.807) is 36.4 Å². The number of pyridine rings is 1. The summed E-state index contributed by atoms with van der Waals surface area (Å²) in [6.45, 7) is 3.76. The third kappa shape index (κ3) is 4.43. The van der Waals surface area contributed by atoms with Gasteiger partial charge in [0.1, 0.15) is 5.82 Å². The molecule has 112 valence electrons. The van der Waals surface area contributed by atoms with E-state index in [9.17, 15) is 9.59 Å². The van der Waals surface area contributed by atoms with Crippen LogP contribution in [0.2, 0.25) is 5.02 Å². The van der Waals surface area contributed by atoms with Gasteiger partial charge in [-0.3, -0.25) is 9.59 Å². The van der Waals surface area contributed by atoms with Crippen LogP contribution in [0.4, 0.5) is 5.82 Å². The normalized spacial score (nSPS) is 9.86. The Morgan fingerprint density at radius 3 is 2.50 bits per heavy atom. The maximum Gasteiger partial charge on any atom is 0.256 e. The van der Waals surface area contributed by atoms with Crippen molar-refractivity contribution in [1.82, 2.24) is 10.3 Å². The first-order valence-corrected chi connectivity index (χ1v) is 6.88. The van der Waals surface area contributed by atoms with Crippen LogP contribution in [0.3, 0.4) is 0 Å². The van der Waals surface area contributed by atoms with Gasteiger partial charge in [-0.15, -0.1) is 0 Å². The molecule has 0 saturated heterocycles. The molecule has 0 aliphatic carbocycles. The number of hydrogen-bond donors (Lipinski definition) is 2. The van der Waals surface area contributed by atoms with E-state index >= 15 is 0 Å². The average Bonchev–Trinajstić information content (AvgIpc) is 2.55. The largest absolute Gasteiger partial charge is 0.348 e. The van der Waals surface area contributed by atoms with E-state index in [1.165, 1.54) is 12.3 Å². The highest BCUT2D eigenvalue weighted by atomic mass is 35.5. The number of amides is 2. The second-order valence-electron chi connectivity index (χ2n) is 4.43. The number of carbonyl (C=O) groups is 2. The summed E-state index contributed by atoms with van der Waals surface area (Å²) in [5.74, 6) is -0.0798. The fraction of sp³-hybridized carbons (Fsp3) is 0.0625. The van der Waals surface area contributed by atoms with Crippen molar-refractivity contribution >= 4 is 29.2 Å². The van der Waals surface area contributed by atoms with Gasteiger partial charge in [0.05, 0.1) is 5.02 Å². The molecular formula is C16H14ClN3O2. The molecule has 1 aromatic carbocycles. The van der Waals surface area contributed by atoms with Crippen LogP contribution in [-0.4, -0.2) is 16.8 Å². The molecule has 22 heavy (non-hydrogen) atoms. The van der Waals surface area contributed by atoms with Gasteiger partial charge in [-0.2, -0.15) is 0 Å². The number of aromatic nitrogens is 1. The lowest BCUT2D eigenvalue weighted by Gasteiger charge is -2.06. The molecule has 0 atom stereocenters. The van der Waals surface area contributed by atoms with Crippen molar-refractivity contribution in [3.05, 3.63) is 71.4 Å².